The summed E-state index contributed by atoms with van der Waals surface area (Å²) in [6.07, 6.45) is 14.2. The second-order valence-corrected chi connectivity index (χ2v) is 16.6. The first-order valence-corrected chi connectivity index (χ1v) is 19.0. The third-order valence-corrected chi connectivity index (χ3v) is 14.1. The number of hydrogen-bond acceptors (Lipinski definition) is 0. The summed E-state index contributed by atoms with van der Waals surface area (Å²) in [5.41, 5.74) is 0. The lowest BCUT2D eigenvalue weighted by atomic mass is 10.4. The van der Waals surface area contributed by atoms with Gasteiger partial charge in [0.05, 0.1) is 0 Å². The molecule has 0 amide bonds. The predicted octanol–water partition coefficient (Wildman–Crippen LogP) is 8.17. The van der Waals surface area contributed by atoms with Crippen LogP contribution in [0.25, 0.3) is 0 Å². The van der Waals surface area contributed by atoms with Crippen molar-refractivity contribution in [3.05, 3.63) is 176 Å². The van der Waals surface area contributed by atoms with Crippen molar-refractivity contribution in [2.45, 2.75) is 0 Å². The fourth-order valence-corrected chi connectivity index (χ4v) is 11.1. The molecule has 0 unspecified atom stereocenters. The zero-order valence-corrected chi connectivity index (χ0v) is 26.1. The lowest BCUT2D eigenvalue weighted by Crippen LogP contribution is -2.13. The minimum absolute atomic E-state index is 0.294. The molecule has 5 aromatic carbocycles. The van der Waals surface area contributed by atoms with Crippen molar-refractivity contribution >= 4 is 50.3 Å². The van der Waals surface area contributed by atoms with Gasteiger partial charge in [0.25, 0.3) is 0 Å². The Kier molecular flexibility index (Phi) is 11.7. The maximum atomic E-state index is 2.45. The van der Waals surface area contributed by atoms with Crippen LogP contribution >= 0.6 is 23.8 Å². The van der Waals surface area contributed by atoms with E-state index in [-0.39, 0.29) is 7.92 Å². The molecule has 0 nitrogen and oxygen atoms in total. The van der Waals surface area contributed by atoms with E-state index in [0.29, 0.717) is 0 Å². The molecular weight excluding hydrogens is 549 g/mol. The highest BCUT2D eigenvalue weighted by atomic mass is 31.1. The average Bonchev–Trinajstić information content (AvgIpc) is 3.06. The number of rotatable bonds is 13. The van der Waals surface area contributed by atoms with Crippen molar-refractivity contribution < 1.29 is 0 Å². The molecule has 0 radical (unpaired) electrons. The highest BCUT2D eigenvalue weighted by Crippen LogP contribution is 2.37. The van der Waals surface area contributed by atoms with E-state index in [0.717, 1.165) is 24.6 Å². The van der Waals surface area contributed by atoms with E-state index >= 15 is 0 Å². The summed E-state index contributed by atoms with van der Waals surface area (Å²) < 4.78 is 0. The van der Waals surface area contributed by atoms with Crippen molar-refractivity contribution in [2.75, 3.05) is 24.6 Å². The highest BCUT2D eigenvalue weighted by Gasteiger charge is 2.13. The first-order valence-electron chi connectivity index (χ1n) is 14.2. The molecule has 3 heteroatoms. The molecule has 5 aromatic rings. The third-order valence-electron chi connectivity index (χ3n) is 6.95. The first-order chi connectivity index (χ1) is 20.4. The smallest absolute Gasteiger partial charge is 0.00641 e. The molecule has 204 valence electrons. The summed E-state index contributed by atoms with van der Waals surface area (Å²) in [6, 6.07) is 55.2. The summed E-state index contributed by atoms with van der Waals surface area (Å²) in [6.45, 7) is 0. The quantitative estimate of drug-likeness (QED) is 0.0965. The molecule has 0 aliphatic carbocycles. The molecule has 0 atom stereocenters. The van der Waals surface area contributed by atoms with Crippen molar-refractivity contribution in [3.8, 4) is 0 Å². The molecule has 0 aliphatic heterocycles. The van der Waals surface area contributed by atoms with E-state index in [4.69, 9.17) is 0 Å². The molecule has 41 heavy (non-hydrogen) atoms. The van der Waals surface area contributed by atoms with E-state index in [2.05, 4.69) is 176 Å². The van der Waals surface area contributed by atoms with Crippen LogP contribution in [0, 0.1) is 0 Å². The van der Waals surface area contributed by atoms with Crippen LogP contribution in [-0.2, 0) is 0 Å². The van der Waals surface area contributed by atoms with Gasteiger partial charge in [-0.1, -0.05) is 184 Å². The fraction of sp³-hybridized carbons (Fsp3) is 0.105. The zero-order chi connectivity index (χ0) is 28.0. The second kappa shape index (κ2) is 16.3. The topological polar surface area (TPSA) is 0 Å². The Labute approximate surface area is 250 Å². The number of hydrogen-bond donors (Lipinski definition) is 0. The van der Waals surface area contributed by atoms with Gasteiger partial charge in [0.15, 0.2) is 0 Å². The summed E-state index contributed by atoms with van der Waals surface area (Å²) in [5, 5.41) is 7.26. The van der Waals surface area contributed by atoms with Crippen LogP contribution in [0.3, 0.4) is 0 Å². The molecule has 5 rings (SSSR count). The van der Waals surface area contributed by atoms with Gasteiger partial charge in [-0.15, -0.1) is 0 Å². The van der Waals surface area contributed by atoms with Gasteiger partial charge in [-0.25, -0.2) is 0 Å². The highest BCUT2D eigenvalue weighted by molar-refractivity contribution is 7.73. The van der Waals surface area contributed by atoms with Gasteiger partial charge >= 0.3 is 0 Å². The zero-order valence-electron chi connectivity index (χ0n) is 23.4. The van der Waals surface area contributed by atoms with Gasteiger partial charge in [0.2, 0.25) is 0 Å². The Morgan fingerprint density at radius 3 is 0.829 bits per heavy atom. The summed E-state index contributed by atoms with van der Waals surface area (Å²) >= 11 is 0. The van der Waals surface area contributed by atoms with E-state index in [1.54, 1.807) is 0 Å². The number of allylic oxidation sites excluding steroid dienone is 4. The molecule has 0 spiro atoms. The van der Waals surface area contributed by atoms with Gasteiger partial charge in [-0.2, -0.15) is 0 Å². The lowest BCUT2D eigenvalue weighted by molar-refractivity contribution is 1.57. The molecule has 0 heterocycles. The summed E-state index contributed by atoms with van der Waals surface area (Å²) in [5.74, 6) is 0. The molecule has 0 saturated carbocycles. The molecule has 0 aliphatic rings. The van der Waals surface area contributed by atoms with Gasteiger partial charge in [-0.05, 0) is 67.0 Å². The van der Waals surface area contributed by atoms with Crippen LogP contribution in [0.2, 0.25) is 0 Å². The summed E-state index contributed by atoms with van der Waals surface area (Å²) in [4.78, 5) is 0. The lowest BCUT2D eigenvalue weighted by Gasteiger charge is -2.18. The predicted molar refractivity (Wildman–Crippen MR) is 189 cm³/mol. The Hall–Kier alpha value is -3.13. The Balaban J connectivity index is 1.26. The molecule has 0 bridgehead atoms. The van der Waals surface area contributed by atoms with Crippen LogP contribution in [0.1, 0.15) is 0 Å². The van der Waals surface area contributed by atoms with E-state index in [1.165, 1.54) is 26.5 Å². The average molecular weight is 587 g/mol. The van der Waals surface area contributed by atoms with E-state index in [1.807, 2.05) is 0 Å². The van der Waals surface area contributed by atoms with E-state index < -0.39 is 15.8 Å². The SMILES string of the molecule is C(=CCP(c1ccccc1)c1ccccc1)CP(CC=CCP(c1ccccc1)c1ccccc1)c1ccccc1. The van der Waals surface area contributed by atoms with Crippen molar-refractivity contribution in [3.63, 3.8) is 0 Å². The van der Waals surface area contributed by atoms with Gasteiger partial charge < -0.3 is 0 Å². The molecular formula is C38H37P3. The van der Waals surface area contributed by atoms with Crippen molar-refractivity contribution in [2.24, 2.45) is 0 Å². The van der Waals surface area contributed by atoms with Crippen LogP contribution in [0.4, 0.5) is 0 Å². The van der Waals surface area contributed by atoms with Crippen LogP contribution in [0.15, 0.2) is 176 Å². The first kappa shape index (κ1) is 29.4. The van der Waals surface area contributed by atoms with Gasteiger partial charge in [0.1, 0.15) is 0 Å². The van der Waals surface area contributed by atoms with Crippen LogP contribution in [0.5, 0.6) is 0 Å². The minimum atomic E-state index is -0.393. The van der Waals surface area contributed by atoms with Crippen LogP contribution in [-0.4, -0.2) is 24.6 Å². The maximum Gasteiger partial charge on any atom is -0.00641 e. The maximum absolute atomic E-state index is 2.45. The number of benzene rings is 5. The largest absolute Gasteiger partial charge is 0.0835 e. The molecule has 0 saturated heterocycles. The Morgan fingerprint density at radius 1 is 0.293 bits per heavy atom. The summed E-state index contributed by atoms with van der Waals surface area (Å²) in [7, 11) is -1.08. The standard InChI is InChI=1S/C38H37P3/c1-6-20-34(21-7-1)39(30-16-18-32-40(35-22-8-2-9-23-35)36-24-10-3-11-25-36)31-17-19-33-41(37-26-12-4-13-27-37)38-28-14-5-15-29-38/h1-29H,30-33H2. The molecule has 0 aromatic heterocycles. The molecule has 0 fully saturated rings. The fourth-order valence-electron chi connectivity index (χ4n) is 4.84. The van der Waals surface area contributed by atoms with Gasteiger partial charge in [-0.3, -0.25) is 0 Å². The molecule has 0 N–H and O–H groups in total. The Morgan fingerprint density at radius 2 is 0.537 bits per heavy atom. The van der Waals surface area contributed by atoms with Gasteiger partial charge in [0, 0.05) is 0 Å². The van der Waals surface area contributed by atoms with Crippen LogP contribution < -0.4 is 26.5 Å². The van der Waals surface area contributed by atoms with Crippen molar-refractivity contribution in [1.29, 1.82) is 0 Å². The minimum Gasteiger partial charge on any atom is -0.0835 e. The monoisotopic (exact) mass is 586 g/mol. The van der Waals surface area contributed by atoms with E-state index in [9.17, 15) is 0 Å². The normalized spacial score (nSPS) is 12.4. The third kappa shape index (κ3) is 8.93. The Bertz CT molecular complexity index is 1290. The van der Waals surface area contributed by atoms with Crippen molar-refractivity contribution in [1.82, 2.24) is 0 Å². The second-order valence-electron chi connectivity index (χ2n) is 9.75.